The molecule has 0 aromatic carbocycles. The fourth-order valence-electron chi connectivity index (χ4n) is 2.23. The van der Waals surface area contributed by atoms with Crippen molar-refractivity contribution in [3.8, 4) is 0 Å². The van der Waals surface area contributed by atoms with Crippen molar-refractivity contribution < 1.29 is 19.4 Å². The highest BCUT2D eigenvalue weighted by atomic mass is 32.2. The maximum atomic E-state index is 12.0. The molecule has 1 fully saturated rings. The molecule has 1 saturated heterocycles. The SMILES string of the molecule is CC(C)(C)OC(=O)N1CCC(C2NC(C(=O)O)=CS2)C1. The van der Waals surface area contributed by atoms with Crippen molar-refractivity contribution >= 4 is 23.8 Å². The molecule has 20 heavy (non-hydrogen) atoms. The molecule has 2 aliphatic rings. The number of likely N-dealkylation sites (tertiary alicyclic amines) is 1. The van der Waals surface area contributed by atoms with Crippen molar-refractivity contribution in [2.24, 2.45) is 5.92 Å². The maximum absolute atomic E-state index is 12.0. The molecule has 0 aliphatic carbocycles. The first kappa shape index (κ1) is 15.0. The highest BCUT2D eigenvalue weighted by Crippen LogP contribution is 2.32. The Morgan fingerprint density at radius 1 is 1.50 bits per heavy atom. The van der Waals surface area contributed by atoms with Gasteiger partial charge in [-0.25, -0.2) is 9.59 Å². The van der Waals surface area contributed by atoms with E-state index in [4.69, 9.17) is 9.84 Å². The molecule has 7 heteroatoms. The number of aliphatic carboxylic acids is 1. The molecule has 0 aromatic rings. The van der Waals surface area contributed by atoms with Gasteiger partial charge in [0.1, 0.15) is 11.3 Å². The molecule has 0 radical (unpaired) electrons. The monoisotopic (exact) mass is 300 g/mol. The third-order valence-electron chi connectivity index (χ3n) is 3.17. The molecule has 2 N–H and O–H groups in total. The summed E-state index contributed by atoms with van der Waals surface area (Å²) in [5.74, 6) is -0.706. The van der Waals surface area contributed by atoms with Gasteiger partial charge in [-0.2, -0.15) is 0 Å². The van der Waals surface area contributed by atoms with E-state index in [1.807, 2.05) is 20.8 Å². The van der Waals surface area contributed by atoms with E-state index < -0.39 is 11.6 Å². The van der Waals surface area contributed by atoms with Gasteiger partial charge in [-0.3, -0.25) is 0 Å². The number of nitrogens with one attached hydrogen (secondary N) is 1. The smallest absolute Gasteiger partial charge is 0.410 e. The maximum Gasteiger partial charge on any atom is 0.410 e. The number of amides is 1. The number of thioether (sulfide) groups is 1. The van der Waals surface area contributed by atoms with Crippen LogP contribution >= 0.6 is 11.8 Å². The second kappa shape index (κ2) is 5.55. The van der Waals surface area contributed by atoms with Gasteiger partial charge in [0.2, 0.25) is 0 Å². The Bertz CT molecular complexity index is 444. The lowest BCUT2D eigenvalue weighted by atomic mass is 10.1. The van der Waals surface area contributed by atoms with E-state index in [1.165, 1.54) is 11.8 Å². The quantitative estimate of drug-likeness (QED) is 0.810. The number of nitrogens with zero attached hydrogens (tertiary/aromatic N) is 1. The number of hydrogen-bond acceptors (Lipinski definition) is 5. The van der Waals surface area contributed by atoms with Gasteiger partial charge >= 0.3 is 12.1 Å². The minimum absolute atomic E-state index is 0.0218. The predicted molar refractivity (Wildman–Crippen MR) is 76.1 cm³/mol. The van der Waals surface area contributed by atoms with Crippen LogP contribution in [0.15, 0.2) is 11.1 Å². The van der Waals surface area contributed by atoms with Crippen LogP contribution in [-0.4, -0.2) is 46.1 Å². The number of carboxylic acid groups (broad SMARTS) is 1. The average Bonchev–Trinajstić information content (AvgIpc) is 2.95. The Balaban J connectivity index is 1.85. The van der Waals surface area contributed by atoms with Crippen LogP contribution in [0.25, 0.3) is 0 Å². The molecule has 2 heterocycles. The summed E-state index contributed by atoms with van der Waals surface area (Å²) in [7, 11) is 0. The van der Waals surface area contributed by atoms with Gasteiger partial charge in [0.15, 0.2) is 0 Å². The average molecular weight is 300 g/mol. The number of rotatable bonds is 2. The summed E-state index contributed by atoms with van der Waals surface area (Å²) in [5.41, 5.74) is -0.260. The minimum Gasteiger partial charge on any atom is -0.477 e. The number of carbonyl (C=O) groups is 2. The highest BCUT2D eigenvalue weighted by Gasteiger charge is 2.36. The third-order valence-corrected chi connectivity index (χ3v) is 4.33. The normalized spacial score (nSPS) is 26.1. The number of carbonyl (C=O) groups excluding carboxylic acids is 1. The van der Waals surface area contributed by atoms with Gasteiger partial charge in [-0.1, -0.05) is 0 Å². The lowest BCUT2D eigenvalue weighted by molar-refractivity contribution is -0.133. The molecule has 6 nitrogen and oxygen atoms in total. The summed E-state index contributed by atoms with van der Waals surface area (Å²) in [6, 6.07) is 0. The lowest BCUT2D eigenvalue weighted by Crippen LogP contribution is -2.37. The number of ether oxygens (including phenoxy) is 1. The summed E-state index contributed by atoms with van der Waals surface area (Å²) in [4.78, 5) is 24.5. The van der Waals surface area contributed by atoms with Crippen LogP contribution in [0.3, 0.4) is 0 Å². The highest BCUT2D eigenvalue weighted by molar-refractivity contribution is 8.03. The van der Waals surface area contributed by atoms with E-state index in [2.05, 4.69) is 5.32 Å². The van der Waals surface area contributed by atoms with Gasteiger partial charge in [-0.15, -0.1) is 11.8 Å². The van der Waals surface area contributed by atoms with E-state index >= 15 is 0 Å². The molecule has 0 aromatic heterocycles. The van der Waals surface area contributed by atoms with Crippen LogP contribution in [0.1, 0.15) is 27.2 Å². The molecule has 1 amide bonds. The largest absolute Gasteiger partial charge is 0.477 e. The molecule has 0 bridgehead atoms. The van der Waals surface area contributed by atoms with Gasteiger partial charge in [0.25, 0.3) is 0 Å². The van der Waals surface area contributed by atoms with E-state index in [0.29, 0.717) is 13.1 Å². The summed E-state index contributed by atoms with van der Waals surface area (Å²) in [6.45, 7) is 6.78. The van der Waals surface area contributed by atoms with E-state index in [9.17, 15) is 9.59 Å². The van der Waals surface area contributed by atoms with Crippen LogP contribution in [0.4, 0.5) is 4.79 Å². The lowest BCUT2D eigenvalue weighted by Gasteiger charge is -2.25. The second-order valence-electron chi connectivity index (χ2n) is 6.01. The first-order valence-corrected chi connectivity index (χ1v) is 7.54. The fraction of sp³-hybridized carbons (Fsp3) is 0.692. The van der Waals surface area contributed by atoms with Crippen molar-refractivity contribution in [3.05, 3.63) is 11.1 Å². The molecule has 2 aliphatic heterocycles. The van der Waals surface area contributed by atoms with Crippen molar-refractivity contribution in [1.82, 2.24) is 10.2 Å². The Hall–Kier alpha value is -1.37. The van der Waals surface area contributed by atoms with Crippen LogP contribution in [0.5, 0.6) is 0 Å². The summed E-state index contributed by atoms with van der Waals surface area (Å²) in [6.07, 6.45) is 0.555. The molecule has 2 rings (SSSR count). The first-order chi connectivity index (χ1) is 9.26. The molecule has 2 atom stereocenters. The van der Waals surface area contributed by atoms with Crippen LogP contribution < -0.4 is 5.32 Å². The van der Waals surface area contributed by atoms with E-state index in [0.717, 1.165) is 6.42 Å². The summed E-state index contributed by atoms with van der Waals surface area (Å²) in [5, 5.41) is 13.5. The predicted octanol–water partition coefficient (Wildman–Crippen LogP) is 1.83. The summed E-state index contributed by atoms with van der Waals surface area (Å²) >= 11 is 1.47. The van der Waals surface area contributed by atoms with Crippen molar-refractivity contribution in [1.29, 1.82) is 0 Å². The zero-order valence-electron chi connectivity index (χ0n) is 11.9. The van der Waals surface area contributed by atoms with Crippen LogP contribution in [-0.2, 0) is 9.53 Å². The van der Waals surface area contributed by atoms with Gasteiger partial charge in [-0.05, 0) is 27.2 Å². The fourth-order valence-corrected chi connectivity index (χ4v) is 3.32. The van der Waals surface area contributed by atoms with Crippen molar-refractivity contribution in [2.45, 2.75) is 38.2 Å². The van der Waals surface area contributed by atoms with Crippen LogP contribution in [0.2, 0.25) is 0 Å². The Labute approximate surface area is 122 Å². The molecule has 0 saturated carbocycles. The topological polar surface area (TPSA) is 78.9 Å². The first-order valence-electron chi connectivity index (χ1n) is 6.59. The number of carboxylic acids is 1. The second-order valence-corrected chi connectivity index (χ2v) is 7.03. The van der Waals surface area contributed by atoms with Gasteiger partial charge in [0, 0.05) is 24.4 Å². The molecule has 2 unspecified atom stereocenters. The Morgan fingerprint density at radius 2 is 2.20 bits per heavy atom. The molecule has 0 spiro atoms. The zero-order valence-corrected chi connectivity index (χ0v) is 12.7. The molecular formula is C13H20N2O4S. The standard InChI is InChI=1S/C13H20N2O4S/c1-13(2,3)19-12(18)15-5-4-8(6-15)10-14-9(7-20-10)11(16)17/h7-8,10,14H,4-6H2,1-3H3,(H,16,17). The van der Waals surface area contributed by atoms with E-state index in [-0.39, 0.29) is 23.1 Å². The van der Waals surface area contributed by atoms with Crippen molar-refractivity contribution in [2.75, 3.05) is 13.1 Å². The van der Waals surface area contributed by atoms with Crippen LogP contribution in [0, 0.1) is 5.92 Å². The molecular weight excluding hydrogens is 280 g/mol. The van der Waals surface area contributed by atoms with Gasteiger partial charge in [0.05, 0.1) is 5.37 Å². The Kier molecular flexibility index (Phi) is 4.17. The zero-order chi connectivity index (χ0) is 14.9. The third kappa shape index (κ3) is 3.59. The van der Waals surface area contributed by atoms with Crippen molar-refractivity contribution in [3.63, 3.8) is 0 Å². The van der Waals surface area contributed by atoms with E-state index in [1.54, 1.807) is 10.3 Å². The minimum atomic E-state index is -0.943. The Morgan fingerprint density at radius 3 is 2.75 bits per heavy atom. The number of hydrogen-bond donors (Lipinski definition) is 2. The van der Waals surface area contributed by atoms with Gasteiger partial charge < -0.3 is 20.1 Å². The molecule has 112 valence electrons. The summed E-state index contributed by atoms with van der Waals surface area (Å²) < 4.78 is 5.34.